The number of methoxy groups -OCH3 is 1. The van der Waals surface area contributed by atoms with Gasteiger partial charge in [-0.25, -0.2) is 0 Å². The molecule has 4 aliphatic heterocycles. The lowest BCUT2D eigenvalue weighted by Gasteiger charge is -2.38. The highest BCUT2D eigenvalue weighted by Gasteiger charge is 2.75. The minimum absolute atomic E-state index is 0.0424. The molecule has 6 rings (SSSR count). The lowest BCUT2D eigenvalue weighted by atomic mass is 9.74. The number of aliphatic hydroxyl groups excluding tert-OH is 1. The van der Waals surface area contributed by atoms with E-state index in [1.54, 1.807) is 66.8 Å². The van der Waals surface area contributed by atoms with E-state index in [4.69, 9.17) is 25.8 Å². The number of ether oxygens (including phenoxy) is 3. The van der Waals surface area contributed by atoms with Crippen molar-refractivity contribution < 1.29 is 38.5 Å². The van der Waals surface area contributed by atoms with Gasteiger partial charge in [0.15, 0.2) is 0 Å². The first kappa shape index (κ1) is 35.3. The number of benzene rings is 2. The fourth-order valence-electron chi connectivity index (χ4n) is 7.54. The number of cyclic esters (lactones) is 1. The van der Waals surface area contributed by atoms with Gasteiger partial charge in [0.05, 0.1) is 41.9 Å². The number of rotatable bonds is 7. The van der Waals surface area contributed by atoms with Crippen LogP contribution in [0.5, 0.6) is 0 Å². The number of carbonyl (C=O) groups excluding carboxylic acids is 4. The van der Waals surface area contributed by atoms with E-state index in [-0.39, 0.29) is 25.5 Å². The van der Waals surface area contributed by atoms with Gasteiger partial charge in [0, 0.05) is 24.6 Å². The number of anilines is 1. The molecule has 11 nitrogen and oxygen atoms in total. The number of allylic oxidation sites excluding steroid dienone is 1. The number of nitrogens with one attached hydrogen (secondary N) is 1. The summed E-state index contributed by atoms with van der Waals surface area (Å²) in [5.74, 6) is -4.26. The van der Waals surface area contributed by atoms with Crippen LogP contribution in [-0.4, -0.2) is 90.4 Å². The van der Waals surface area contributed by atoms with Crippen molar-refractivity contribution in [3.63, 3.8) is 0 Å². The summed E-state index contributed by atoms with van der Waals surface area (Å²) in [7, 11) is 1.50. The Morgan fingerprint density at radius 2 is 1.80 bits per heavy atom. The number of para-hydroxylation sites is 1. The predicted octanol–water partition coefficient (Wildman–Crippen LogP) is 4.08. The van der Waals surface area contributed by atoms with Crippen molar-refractivity contribution in [3.05, 3.63) is 87.9 Å². The Morgan fingerprint density at radius 3 is 2.49 bits per heavy atom. The minimum Gasteiger partial charge on any atom is -0.455 e. The van der Waals surface area contributed by atoms with Gasteiger partial charge in [-0.2, -0.15) is 0 Å². The van der Waals surface area contributed by atoms with Crippen LogP contribution in [0.2, 0.25) is 5.02 Å². The van der Waals surface area contributed by atoms with Gasteiger partial charge >= 0.3 is 5.97 Å². The van der Waals surface area contributed by atoms with Crippen LogP contribution in [0.4, 0.5) is 5.69 Å². The maximum atomic E-state index is 15.0. The molecule has 0 aromatic heterocycles. The van der Waals surface area contributed by atoms with Crippen LogP contribution in [0.25, 0.3) is 0 Å². The van der Waals surface area contributed by atoms with E-state index in [1.165, 1.54) is 16.9 Å². The Hall–Kier alpha value is -3.55. The van der Waals surface area contributed by atoms with Crippen LogP contribution in [0, 0.1) is 11.8 Å². The smallest absolute Gasteiger partial charge is 0.313 e. The molecule has 2 N–H and O–H groups in total. The first-order valence-corrected chi connectivity index (χ1v) is 17.6. The van der Waals surface area contributed by atoms with Gasteiger partial charge in [0.1, 0.15) is 29.8 Å². The normalized spacial score (nSPS) is 31.7. The molecule has 2 fully saturated rings. The highest BCUT2D eigenvalue weighted by atomic mass is 79.9. The Balaban J connectivity index is 1.51. The van der Waals surface area contributed by atoms with Crippen molar-refractivity contribution in [1.82, 2.24) is 10.2 Å². The molecule has 0 unspecified atom stereocenters. The summed E-state index contributed by atoms with van der Waals surface area (Å²) in [4.78, 5) is 60.2. The van der Waals surface area contributed by atoms with E-state index in [1.807, 2.05) is 13.0 Å². The highest BCUT2D eigenvalue weighted by molar-refractivity contribution is 9.11. The monoisotopic (exact) mass is 755 g/mol. The second-order valence-corrected chi connectivity index (χ2v) is 13.9. The molecule has 3 amide bonds. The topological polar surface area (TPSA) is 135 Å². The fraction of sp³-hybridized carbons (Fsp3) is 0.444. The van der Waals surface area contributed by atoms with Crippen LogP contribution < -0.4 is 10.2 Å². The molecule has 1 spiro atoms. The van der Waals surface area contributed by atoms with Crippen molar-refractivity contribution in [2.75, 3.05) is 31.8 Å². The molecule has 49 heavy (non-hydrogen) atoms. The first-order chi connectivity index (χ1) is 23.7. The second-order valence-electron chi connectivity index (χ2n) is 12.6. The Labute approximate surface area is 298 Å². The molecule has 13 heteroatoms. The molecule has 4 aliphatic rings. The van der Waals surface area contributed by atoms with Gasteiger partial charge in [0.2, 0.25) is 11.8 Å². The lowest BCUT2D eigenvalue weighted by molar-refractivity contribution is -0.162. The third-order valence-corrected chi connectivity index (χ3v) is 10.8. The molecule has 0 saturated carbocycles. The standard InChI is InChI=1S/C36H39BrClN3O8/c1-3-22(19-42)41-32-34(45)40(26-15-10-9-14-24(26)38)17-11-5-8-16-27(43)39-25(20-47-2)30(21-12-6-4-7-13-21)48-35(46)28-29(33(41)44)36(32)18-23(37)31(28)49-36/h4-7,9-15,18,22,25,28-32,42H,3,8,16-17,19-20H2,1-2H3,(H,39,43)/b11-5-/t22-,25+,28-,29+,30+,31-,32-,36+/m0/s1. The molecule has 5 bridgehead atoms. The number of amides is 3. The molecule has 2 aromatic carbocycles. The highest BCUT2D eigenvalue weighted by Crippen LogP contribution is 2.59. The van der Waals surface area contributed by atoms with Crippen molar-refractivity contribution in [3.8, 4) is 0 Å². The summed E-state index contributed by atoms with van der Waals surface area (Å²) in [5.41, 5.74) is -0.513. The average Bonchev–Trinajstić information content (AvgIpc) is 3.69. The fourth-order valence-corrected chi connectivity index (χ4v) is 8.52. The van der Waals surface area contributed by atoms with E-state index in [2.05, 4.69) is 21.2 Å². The van der Waals surface area contributed by atoms with E-state index in [9.17, 15) is 24.3 Å². The number of carbonyl (C=O) groups is 4. The number of halogens is 2. The predicted molar refractivity (Wildman–Crippen MR) is 185 cm³/mol. The van der Waals surface area contributed by atoms with E-state index < -0.39 is 72.2 Å². The lowest BCUT2D eigenvalue weighted by Crippen LogP contribution is -2.58. The number of hydrogen-bond acceptors (Lipinski definition) is 8. The summed E-state index contributed by atoms with van der Waals surface area (Å²) < 4.78 is 18.9. The van der Waals surface area contributed by atoms with Gasteiger partial charge in [0.25, 0.3) is 5.91 Å². The van der Waals surface area contributed by atoms with Crippen LogP contribution in [-0.2, 0) is 33.4 Å². The van der Waals surface area contributed by atoms with Gasteiger partial charge in [-0.1, -0.05) is 89.1 Å². The van der Waals surface area contributed by atoms with Gasteiger partial charge in [-0.05, 0) is 36.6 Å². The molecule has 0 radical (unpaired) electrons. The van der Waals surface area contributed by atoms with Crippen molar-refractivity contribution in [2.45, 2.75) is 62.1 Å². The van der Waals surface area contributed by atoms with Crippen LogP contribution >= 0.6 is 27.5 Å². The largest absolute Gasteiger partial charge is 0.455 e. The number of hydrogen-bond donors (Lipinski definition) is 2. The minimum atomic E-state index is -1.55. The van der Waals surface area contributed by atoms with Crippen molar-refractivity contribution in [2.24, 2.45) is 11.8 Å². The summed E-state index contributed by atoms with van der Waals surface area (Å²) in [6, 6.07) is 13.2. The quantitative estimate of drug-likeness (QED) is 0.319. The SMILES string of the molecule is CC[C@@H](CO)N1C(=O)[C@H]2[C@@H]3C(=O)O[C@H](c4ccccc4)[C@@H](COC)NC(=O)CC/C=C\CN(c4ccccc4Cl)C(=O)[C@H]1[C@@]21C=C(Br)[C@@H]3O1. The number of aliphatic hydroxyl groups is 1. The molecule has 260 valence electrons. The summed E-state index contributed by atoms with van der Waals surface area (Å²) >= 11 is 10.2. The maximum Gasteiger partial charge on any atom is 0.313 e. The Morgan fingerprint density at radius 1 is 1.06 bits per heavy atom. The van der Waals surface area contributed by atoms with E-state index >= 15 is 0 Å². The Kier molecular flexibility index (Phi) is 10.6. The summed E-state index contributed by atoms with van der Waals surface area (Å²) in [6.07, 6.45) is 4.26. The molecule has 2 aromatic rings. The van der Waals surface area contributed by atoms with Crippen LogP contribution in [0.1, 0.15) is 37.9 Å². The molecule has 4 heterocycles. The average molecular weight is 757 g/mol. The van der Waals surface area contributed by atoms with Crippen molar-refractivity contribution in [1.29, 1.82) is 0 Å². The molecular formula is C36H39BrClN3O8. The number of esters is 1. The number of nitrogens with zero attached hydrogens (tertiary/aromatic N) is 2. The molecule has 0 aliphatic carbocycles. The van der Waals surface area contributed by atoms with E-state index in [0.717, 1.165) is 0 Å². The third kappa shape index (κ3) is 6.33. The number of fused-ring (bicyclic) bond motifs is 2. The van der Waals surface area contributed by atoms with Gasteiger partial charge in [-0.15, -0.1) is 0 Å². The maximum absolute atomic E-state index is 15.0. The van der Waals surface area contributed by atoms with E-state index in [0.29, 0.717) is 33.6 Å². The first-order valence-electron chi connectivity index (χ1n) is 16.4. The molecule has 8 atom stereocenters. The number of likely N-dealkylation sites (tertiary alicyclic amines) is 1. The van der Waals surface area contributed by atoms with Crippen LogP contribution in [0.15, 0.2) is 77.3 Å². The summed E-state index contributed by atoms with van der Waals surface area (Å²) in [6.45, 7) is 1.53. The molecule has 2 saturated heterocycles. The van der Waals surface area contributed by atoms with Crippen LogP contribution in [0.3, 0.4) is 0 Å². The summed E-state index contributed by atoms with van der Waals surface area (Å²) in [5, 5.41) is 13.8. The van der Waals surface area contributed by atoms with Gasteiger partial charge < -0.3 is 34.4 Å². The third-order valence-electron chi connectivity index (χ3n) is 9.78. The Bertz CT molecular complexity index is 1650. The zero-order valence-electron chi connectivity index (χ0n) is 27.2. The van der Waals surface area contributed by atoms with Crippen molar-refractivity contribution >= 4 is 56.9 Å². The van der Waals surface area contributed by atoms with Gasteiger partial charge in [-0.3, -0.25) is 19.2 Å². The zero-order valence-corrected chi connectivity index (χ0v) is 29.5. The second kappa shape index (κ2) is 14.7. The molecular weight excluding hydrogens is 718 g/mol. The zero-order chi connectivity index (χ0) is 34.9.